The van der Waals surface area contributed by atoms with E-state index >= 15 is 0 Å². The lowest BCUT2D eigenvalue weighted by atomic mass is 10.0. The maximum Gasteiger partial charge on any atom is 0.341 e. The van der Waals surface area contributed by atoms with E-state index in [0.29, 0.717) is 48.3 Å². The van der Waals surface area contributed by atoms with Gasteiger partial charge in [0, 0.05) is 21.9 Å². The summed E-state index contributed by atoms with van der Waals surface area (Å²) in [6, 6.07) is 22.2. The number of pyridine rings is 1. The first-order valence-electron chi connectivity index (χ1n) is 11.9. The minimum Gasteiger partial charge on any atom is -0.462 e. The highest BCUT2D eigenvalue weighted by molar-refractivity contribution is 7.15. The third-order valence-corrected chi connectivity index (χ3v) is 7.67. The van der Waals surface area contributed by atoms with Crippen molar-refractivity contribution in [3.05, 3.63) is 105 Å². The fourth-order valence-corrected chi connectivity index (χ4v) is 5.39. The molecule has 8 heteroatoms. The summed E-state index contributed by atoms with van der Waals surface area (Å²) in [4.78, 5) is 31.5. The van der Waals surface area contributed by atoms with E-state index in [4.69, 9.17) is 32.9 Å². The second-order valence-electron chi connectivity index (χ2n) is 8.60. The molecule has 0 spiro atoms. The summed E-state index contributed by atoms with van der Waals surface area (Å²) in [6.07, 6.45) is 0. The molecule has 0 aliphatic carbocycles. The Kier molecular flexibility index (Phi) is 7.47. The Labute approximate surface area is 234 Å². The number of anilines is 1. The Bertz CT molecular complexity index is 1680. The Balaban J connectivity index is 1.58. The Morgan fingerprint density at radius 2 is 1.68 bits per heavy atom. The van der Waals surface area contributed by atoms with Gasteiger partial charge in [0.15, 0.2) is 0 Å². The van der Waals surface area contributed by atoms with Gasteiger partial charge in [0.25, 0.3) is 5.91 Å². The molecule has 0 saturated heterocycles. The maximum atomic E-state index is 13.7. The molecule has 1 amide bonds. The van der Waals surface area contributed by atoms with Crippen LogP contribution in [0, 0.1) is 6.92 Å². The standard InChI is InChI=1S/C30H22Cl2N2O3S/c1-3-37-30(36)27-22(18-10-8-17(2)9-11-18)16-38-29(27)34-28(35)21-15-26(19-12-13-23(31)24(32)14-19)33-25-7-5-4-6-20(21)25/h4-16H,3H2,1-2H3,(H,34,35). The Morgan fingerprint density at radius 3 is 2.42 bits per heavy atom. The number of esters is 1. The summed E-state index contributed by atoms with van der Waals surface area (Å²) >= 11 is 13.6. The monoisotopic (exact) mass is 560 g/mol. The number of para-hydroxylation sites is 1. The average molecular weight is 561 g/mol. The zero-order chi connectivity index (χ0) is 26.8. The van der Waals surface area contributed by atoms with Crippen LogP contribution in [-0.2, 0) is 4.74 Å². The first kappa shape index (κ1) is 25.9. The largest absolute Gasteiger partial charge is 0.462 e. The number of hydrogen-bond donors (Lipinski definition) is 1. The Hall–Kier alpha value is -3.71. The van der Waals surface area contributed by atoms with Crippen LogP contribution in [0.5, 0.6) is 0 Å². The maximum absolute atomic E-state index is 13.7. The molecule has 3 aromatic carbocycles. The van der Waals surface area contributed by atoms with Crippen molar-refractivity contribution in [2.75, 3.05) is 11.9 Å². The van der Waals surface area contributed by atoms with Gasteiger partial charge in [0.1, 0.15) is 10.6 Å². The molecule has 0 atom stereocenters. The summed E-state index contributed by atoms with van der Waals surface area (Å²) in [7, 11) is 0. The molecular formula is C30H22Cl2N2O3S. The van der Waals surface area contributed by atoms with Crippen molar-refractivity contribution in [3.63, 3.8) is 0 Å². The number of fused-ring (bicyclic) bond motifs is 1. The third-order valence-electron chi connectivity index (χ3n) is 6.04. The van der Waals surface area contributed by atoms with Crippen molar-refractivity contribution in [2.45, 2.75) is 13.8 Å². The number of aromatic nitrogens is 1. The minimum atomic E-state index is -0.490. The molecule has 0 radical (unpaired) electrons. The van der Waals surface area contributed by atoms with E-state index in [1.165, 1.54) is 11.3 Å². The van der Waals surface area contributed by atoms with Gasteiger partial charge < -0.3 is 10.1 Å². The molecular weight excluding hydrogens is 539 g/mol. The molecule has 5 aromatic rings. The number of aryl methyl sites for hydroxylation is 1. The third kappa shape index (κ3) is 5.16. The number of nitrogens with one attached hydrogen (secondary N) is 1. The molecule has 0 aliphatic heterocycles. The molecule has 1 N–H and O–H groups in total. The van der Waals surface area contributed by atoms with Gasteiger partial charge in [-0.1, -0.05) is 77.3 Å². The fraction of sp³-hybridized carbons (Fsp3) is 0.100. The van der Waals surface area contributed by atoms with Gasteiger partial charge >= 0.3 is 5.97 Å². The van der Waals surface area contributed by atoms with E-state index in [-0.39, 0.29) is 12.5 Å². The number of hydrogen-bond acceptors (Lipinski definition) is 5. The van der Waals surface area contributed by atoms with Crippen molar-refractivity contribution in [1.29, 1.82) is 0 Å². The molecule has 2 aromatic heterocycles. The second kappa shape index (κ2) is 11.0. The second-order valence-corrected chi connectivity index (χ2v) is 10.3. The average Bonchev–Trinajstić information content (AvgIpc) is 3.33. The van der Waals surface area contributed by atoms with Crippen molar-refractivity contribution < 1.29 is 14.3 Å². The van der Waals surface area contributed by atoms with Crippen LogP contribution in [0.2, 0.25) is 10.0 Å². The fourth-order valence-electron chi connectivity index (χ4n) is 4.14. The highest BCUT2D eigenvalue weighted by atomic mass is 35.5. The predicted molar refractivity (Wildman–Crippen MR) is 156 cm³/mol. The highest BCUT2D eigenvalue weighted by Gasteiger charge is 2.24. The van der Waals surface area contributed by atoms with Gasteiger partial charge in [0.2, 0.25) is 0 Å². The first-order chi connectivity index (χ1) is 18.4. The summed E-state index contributed by atoms with van der Waals surface area (Å²) in [5.41, 5.74) is 5.38. The van der Waals surface area contributed by atoms with Gasteiger partial charge in [-0.05, 0) is 43.7 Å². The van der Waals surface area contributed by atoms with E-state index < -0.39 is 5.97 Å². The first-order valence-corrected chi connectivity index (χ1v) is 13.5. The number of amides is 1. The zero-order valence-corrected chi connectivity index (χ0v) is 22.9. The number of benzene rings is 3. The molecule has 0 unspecified atom stereocenters. The predicted octanol–water partition coefficient (Wildman–Crippen LogP) is 8.67. The molecule has 5 nitrogen and oxygen atoms in total. The minimum absolute atomic E-state index is 0.220. The van der Waals surface area contributed by atoms with Crippen molar-refractivity contribution >= 4 is 62.3 Å². The molecule has 0 bridgehead atoms. The number of carbonyl (C=O) groups is 2. The molecule has 5 rings (SSSR count). The van der Waals surface area contributed by atoms with Crippen molar-refractivity contribution in [3.8, 4) is 22.4 Å². The highest BCUT2D eigenvalue weighted by Crippen LogP contribution is 2.37. The van der Waals surface area contributed by atoms with Crippen LogP contribution in [0.4, 0.5) is 5.00 Å². The zero-order valence-electron chi connectivity index (χ0n) is 20.5. The molecule has 190 valence electrons. The van der Waals surface area contributed by atoms with E-state index in [1.54, 1.807) is 31.2 Å². The summed E-state index contributed by atoms with van der Waals surface area (Å²) in [6.45, 7) is 3.97. The molecule has 0 aliphatic rings. The number of ether oxygens (including phenoxy) is 1. The van der Waals surface area contributed by atoms with Crippen LogP contribution in [0.15, 0.2) is 78.2 Å². The molecule has 0 saturated carbocycles. The summed E-state index contributed by atoms with van der Waals surface area (Å²) < 4.78 is 5.35. The molecule has 0 fully saturated rings. The van der Waals surface area contributed by atoms with E-state index in [0.717, 1.165) is 16.7 Å². The lowest BCUT2D eigenvalue weighted by Gasteiger charge is -2.12. The Morgan fingerprint density at radius 1 is 0.947 bits per heavy atom. The van der Waals surface area contributed by atoms with Crippen LogP contribution in [0.25, 0.3) is 33.3 Å². The van der Waals surface area contributed by atoms with Crippen molar-refractivity contribution in [2.24, 2.45) is 0 Å². The number of nitrogens with zero attached hydrogens (tertiary/aromatic N) is 1. The SMILES string of the molecule is CCOC(=O)c1c(-c2ccc(C)cc2)csc1NC(=O)c1cc(-c2ccc(Cl)c(Cl)c2)nc2ccccc12. The number of carbonyl (C=O) groups excluding carboxylic acids is 2. The quantitative estimate of drug-likeness (QED) is 0.211. The molecule has 2 heterocycles. The lowest BCUT2D eigenvalue weighted by molar-refractivity contribution is 0.0529. The summed E-state index contributed by atoms with van der Waals surface area (Å²) in [5.74, 6) is -0.858. The summed E-state index contributed by atoms with van der Waals surface area (Å²) in [5, 5.41) is 6.75. The van der Waals surface area contributed by atoms with Crippen LogP contribution < -0.4 is 5.32 Å². The van der Waals surface area contributed by atoms with Gasteiger partial charge in [-0.15, -0.1) is 11.3 Å². The number of thiophene rings is 1. The van der Waals surface area contributed by atoms with Gasteiger partial charge in [-0.2, -0.15) is 0 Å². The van der Waals surface area contributed by atoms with Crippen LogP contribution in [0.3, 0.4) is 0 Å². The van der Waals surface area contributed by atoms with E-state index in [2.05, 4.69) is 5.32 Å². The van der Waals surface area contributed by atoms with Crippen LogP contribution >= 0.6 is 34.5 Å². The number of rotatable bonds is 6. The van der Waals surface area contributed by atoms with Crippen LogP contribution in [0.1, 0.15) is 33.2 Å². The van der Waals surface area contributed by atoms with E-state index in [1.807, 2.05) is 60.8 Å². The number of halogens is 2. The van der Waals surface area contributed by atoms with Gasteiger partial charge in [-0.3, -0.25) is 4.79 Å². The van der Waals surface area contributed by atoms with Gasteiger partial charge in [0.05, 0.1) is 33.4 Å². The van der Waals surface area contributed by atoms with Crippen molar-refractivity contribution in [1.82, 2.24) is 4.98 Å². The molecule has 38 heavy (non-hydrogen) atoms. The smallest absolute Gasteiger partial charge is 0.341 e. The topological polar surface area (TPSA) is 68.3 Å². The van der Waals surface area contributed by atoms with Gasteiger partial charge in [-0.25, -0.2) is 9.78 Å². The van der Waals surface area contributed by atoms with E-state index in [9.17, 15) is 9.59 Å². The lowest BCUT2D eigenvalue weighted by Crippen LogP contribution is -2.15. The normalized spacial score (nSPS) is 10.9. The van der Waals surface area contributed by atoms with Crippen LogP contribution in [-0.4, -0.2) is 23.5 Å².